The maximum Gasteiger partial charge on any atom is 0.333 e. The fraction of sp³-hybridized carbons (Fsp3) is 0.267. The number of ether oxygens (including phenoxy) is 2. The largest absolute Gasteiger partial charge is 0.497 e. The van der Waals surface area contributed by atoms with Gasteiger partial charge in [-0.15, -0.1) is 0 Å². The molecule has 0 saturated carbocycles. The average Bonchev–Trinajstić information content (AvgIpc) is 2.36. The Morgan fingerprint density at radius 2 is 1.89 bits per heavy atom. The van der Waals surface area contributed by atoms with Crippen molar-refractivity contribution < 1.29 is 14.3 Å². The number of carbonyl (C=O) groups is 1. The first kappa shape index (κ1) is 14.0. The standard InChI is InChI=1S/C15H18O3/c1-11(2)15(16)18-10-12(3)9-13-5-7-14(17-4)8-6-13/h5-9H,1,10H2,2-4H3/b12-9+. The highest BCUT2D eigenvalue weighted by Gasteiger charge is 2.02. The van der Waals surface area contributed by atoms with Crippen LogP contribution >= 0.6 is 0 Å². The monoisotopic (exact) mass is 246 g/mol. The molecule has 1 aromatic carbocycles. The summed E-state index contributed by atoms with van der Waals surface area (Å²) in [7, 11) is 1.63. The Morgan fingerprint density at radius 1 is 1.28 bits per heavy atom. The van der Waals surface area contributed by atoms with Crippen molar-refractivity contribution in [3.05, 3.63) is 47.6 Å². The van der Waals surface area contributed by atoms with Crippen LogP contribution in [0.4, 0.5) is 0 Å². The van der Waals surface area contributed by atoms with Gasteiger partial charge in [0.15, 0.2) is 0 Å². The SMILES string of the molecule is C=C(C)C(=O)OC/C(C)=C/c1ccc(OC)cc1. The summed E-state index contributed by atoms with van der Waals surface area (Å²) in [5, 5.41) is 0. The number of benzene rings is 1. The number of carbonyl (C=O) groups excluding carboxylic acids is 1. The molecular formula is C15H18O3. The van der Waals surface area contributed by atoms with E-state index in [0.29, 0.717) is 5.57 Å². The molecule has 0 atom stereocenters. The number of methoxy groups -OCH3 is 1. The number of rotatable bonds is 5. The van der Waals surface area contributed by atoms with Gasteiger partial charge in [0, 0.05) is 5.57 Å². The van der Waals surface area contributed by atoms with Crippen molar-refractivity contribution in [3.63, 3.8) is 0 Å². The van der Waals surface area contributed by atoms with E-state index in [1.807, 2.05) is 37.3 Å². The zero-order valence-corrected chi connectivity index (χ0v) is 11.0. The lowest BCUT2D eigenvalue weighted by Gasteiger charge is -2.05. The predicted molar refractivity (Wildman–Crippen MR) is 72.4 cm³/mol. The topological polar surface area (TPSA) is 35.5 Å². The molecule has 0 amide bonds. The second-order valence-corrected chi connectivity index (χ2v) is 4.12. The minimum absolute atomic E-state index is 0.276. The van der Waals surface area contributed by atoms with Crippen LogP contribution in [-0.2, 0) is 9.53 Å². The highest BCUT2D eigenvalue weighted by Crippen LogP contribution is 2.14. The molecule has 0 spiro atoms. The van der Waals surface area contributed by atoms with E-state index in [9.17, 15) is 4.79 Å². The summed E-state index contributed by atoms with van der Waals surface area (Å²) in [5.74, 6) is 0.455. The summed E-state index contributed by atoms with van der Waals surface area (Å²) in [6.07, 6.45) is 1.96. The summed E-state index contributed by atoms with van der Waals surface area (Å²) in [6.45, 7) is 7.35. The summed E-state index contributed by atoms with van der Waals surface area (Å²) < 4.78 is 10.1. The molecule has 1 aromatic rings. The van der Waals surface area contributed by atoms with Gasteiger partial charge in [-0.05, 0) is 37.1 Å². The first-order chi connectivity index (χ1) is 8.52. The van der Waals surface area contributed by atoms with Crippen LogP contribution in [-0.4, -0.2) is 19.7 Å². The number of hydrogen-bond donors (Lipinski definition) is 0. The molecule has 0 N–H and O–H groups in total. The van der Waals surface area contributed by atoms with Gasteiger partial charge < -0.3 is 9.47 Å². The Bertz CT molecular complexity index is 455. The molecule has 0 aromatic heterocycles. The van der Waals surface area contributed by atoms with Crippen molar-refractivity contribution in [3.8, 4) is 5.75 Å². The van der Waals surface area contributed by atoms with Crippen molar-refractivity contribution in [2.75, 3.05) is 13.7 Å². The van der Waals surface area contributed by atoms with E-state index >= 15 is 0 Å². The Morgan fingerprint density at radius 3 is 2.39 bits per heavy atom. The van der Waals surface area contributed by atoms with Crippen LogP contribution in [0.3, 0.4) is 0 Å². The van der Waals surface area contributed by atoms with Gasteiger partial charge in [0.05, 0.1) is 7.11 Å². The van der Waals surface area contributed by atoms with Gasteiger partial charge >= 0.3 is 5.97 Å². The van der Waals surface area contributed by atoms with Crippen LogP contribution < -0.4 is 4.74 Å². The van der Waals surface area contributed by atoms with Crippen LogP contribution in [0.5, 0.6) is 5.75 Å². The quantitative estimate of drug-likeness (QED) is 0.591. The Hall–Kier alpha value is -2.03. The molecule has 0 unspecified atom stereocenters. The molecule has 18 heavy (non-hydrogen) atoms. The molecule has 0 aliphatic carbocycles. The molecule has 96 valence electrons. The van der Waals surface area contributed by atoms with Crippen LogP contribution in [0, 0.1) is 0 Å². The highest BCUT2D eigenvalue weighted by molar-refractivity contribution is 5.87. The molecule has 3 heteroatoms. The van der Waals surface area contributed by atoms with Gasteiger partial charge in [-0.3, -0.25) is 0 Å². The third-order valence-electron chi connectivity index (χ3n) is 2.31. The molecule has 0 radical (unpaired) electrons. The van der Waals surface area contributed by atoms with Gasteiger partial charge in [-0.25, -0.2) is 4.79 Å². The van der Waals surface area contributed by atoms with Crippen LogP contribution in [0.1, 0.15) is 19.4 Å². The Kier molecular flexibility index (Phi) is 5.18. The van der Waals surface area contributed by atoms with Crippen molar-refractivity contribution in [2.45, 2.75) is 13.8 Å². The highest BCUT2D eigenvalue weighted by atomic mass is 16.5. The van der Waals surface area contributed by atoms with Gasteiger partial charge in [0.2, 0.25) is 0 Å². The van der Waals surface area contributed by atoms with Gasteiger partial charge in [0.25, 0.3) is 0 Å². The molecule has 1 rings (SSSR count). The molecule has 0 heterocycles. The summed E-state index contributed by atoms with van der Waals surface area (Å²) >= 11 is 0. The van der Waals surface area contributed by atoms with Crippen LogP contribution in [0.15, 0.2) is 42.0 Å². The molecule has 3 nitrogen and oxygen atoms in total. The lowest BCUT2D eigenvalue weighted by molar-refractivity contribution is -0.137. The first-order valence-corrected chi connectivity index (χ1v) is 5.67. The Balaban J connectivity index is 2.59. The number of esters is 1. The maximum atomic E-state index is 11.2. The van der Waals surface area contributed by atoms with E-state index in [2.05, 4.69) is 6.58 Å². The molecule has 0 bridgehead atoms. The van der Waals surface area contributed by atoms with E-state index in [0.717, 1.165) is 16.9 Å². The van der Waals surface area contributed by atoms with Gasteiger partial charge in [0.1, 0.15) is 12.4 Å². The van der Waals surface area contributed by atoms with Crippen molar-refractivity contribution >= 4 is 12.0 Å². The molecule has 0 aliphatic heterocycles. The van der Waals surface area contributed by atoms with Crippen LogP contribution in [0.25, 0.3) is 6.08 Å². The lowest BCUT2D eigenvalue weighted by Crippen LogP contribution is -2.06. The van der Waals surface area contributed by atoms with E-state index in [1.54, 1.807) is 14.0 Å². The fourth-order valence-corrected chi connectivity index (χ4v) is 1.33. The smallest absolute Gasteiger partial charge is 0.333 e. The third-order valence-corrected chi connectivity index (χ3v) is 2.31. The summed E-state index contributed by atoms with van der Waals surface area (Å²) in [6, 6.07) is 7.67. The molecule has 0 saturated heterocycles. The zero-order chi connectivity index (χ0) is 13.5. The Labute approximate surface area is 108 Å². The van der Waals surface area contributed by atoms with E-state index < -0.39 is 0 Å². The fourth-order valence-electron chi connectivity index (χ4n) is 1.33. The van der Waals surface area contributed by atoms with Crippen molar-refractivity contribution in [2.24, 2.45) is 0 Å². The van der Waals surface area contributed by atoms with E-state index in [1.165, 1.54) is 0 Å². The van der Waals surface area contributed by atoms with Gasteiger partial charge in [-0.1, -0.05) is 24.8 Å². The zero-order valence-electron chi connectivity index (χ0n) is 11.0. The average molecular weight is 246 g/mol. The molecule has 0 fully saturated rings. The van der Waals surface area contributed by atoms with Crippen molar-refractivity contribution in [1.29, 1.82) is 0 Å². The lowest BCUT2D eigenvalue weighted by atomic mass is 10.1. The predicted octanol–water partition coefficient (Wildman–Crippen LogP) is 3.22. The van der Waals surface area contributed by atoms with Crippen molar-refractivity contribution in [1.82, 2.24) is 0 Å². The maximum absolute atomic E-state index is 11.2. The minimum Gasteiger partial charge on any atom is -0.497 e. The second kappa shape index (κ2) is 6.64. The van der Waals surface area contributed by atoms with Gasteiger partial charge in [-0.2, -0.15) is 0 Å². The summed E-state index contributed by atoms with van der Waals surface area (Å²) in [5.41, 5.74) is 2.42. The minimum atomic E-state index is -0.363. The third kappa shape index (κ3) is 4.45. The van der Waals surface area contributed by atoms with E-state index in [-0.39, 0.29) is 12.6 Å². The molecular weight excluding hydrogens is 228 g/mol. The molecule has 0 aliphatic rings. The number of hydrogen-bond acceptors (Lipinski definition) is 3. The normalized spacial score (nSPS) is 10.9. The van der Waals surface area contributed by atoms with Crippen LogP contribution in [0.2, 0.25) is 0 Å². The first-order valence-electron chi connectivity index (χ1n) is 5.67. The second-order valence-electron chi connectivity index (χ2n) is 4.12. The summed E-state index contributed by atoms with van der Waals surface area (Å²) in [4.78, 5) is 11.2. The van der Waals surface area contributed by atoms with E-state index in [4.69, 9.17) is 9.47 Å².